The summed E-state index contributed by atoms with van der Waals surface area (Å²) < 4.78 is 13.0. The molecular formula is C16H20FNS. The van der Waals surface area contributed by atoms with E-state index >= 15 is 0 Å². The summed E-state index contributed by atoms with van der Waals surface area (Å²) in [5.41, 5.74) is 2.08. The Balaban J connectivity index is 2.33. The van der Waals surface area contributed by atoms with Crippen LogP contribution in [0.15, 0.2) is 29.6 Å². The number of halogens is 1. The van der Waals surface area contributed by atoms with Crippen molar-refractivity contribution in [1.29, 1.82) is 0 Å². The largest absolute Gasteiger partial charge is 0.245 e. The molecule has 1 nitrogen and oxygen atoms in total. The number of benzene rings is 1. The summed E-state index contributed by atoms with van der Waals surface area (Å²) in [7, 11) is 0. The van der Waals surface area contributed by atoms with Crippen LogP contribution in [-0.4, -0.2) is 4.98 Å². The number of aromatic nitrogens is 1. The van der Waals surface area contributed by atoms with Crippen LogP contribution in [0.25, 0.3) is 0 Å². The predicted octanol–water partition coefficient (Wildman–Crippen LogP) is 5.12. The molecule has 102 valence electrons. The van der Waals surface area contributed by atoms with Gasteiger partial charge in [0, 0.05) is 10.8 Å². The Morgan fingerprint density at radius 2 is 1.89 bits per heavy atom. The zero-order valence-corrected chi connectivity index (χ0v) is 12.7. The van der Waals surface area contributed by atoms with Gasteiger partial charge in [-0.1, -0.05) is 26.0 Å². The van der Waals surface area contributed by atoms with Gasteiger partial charge in [-0.05, 0) is 43.9 Å². The summed E-state index contributed by atoms with van der Waals surface area (Å²) in [6.45, 7) is 8.65. The third-order valence-electron chi connectivity index (χ3n) is 3.74. The van der Waals surface area contributed by atoms with Gasteiger partial charge in [-0.3, -0.25) is 0 Å². The molecule has 0 saturated carbocycles. The first-order chi connectivity index (χ1) is 8.95. The van der Waals surface area contributed by atoms with Crippen LogP contribution in [0.2, 0.25) is 0 Å². The lowest BCUT2D eigenvalue weighted by molar-refractivity contribution is 0.607. The maximum Gasteiger partial charge on any atom is 0.123 e. The molecule has 1 unspecified atom stereocenters. The Hall–Kier alpha value is -1.22. The molecule has 1 atom stereocenters. The van der Waals surface area contributed by atoms with E-state index in [0.29, 0.717) is 5.92 Å². The first kappa shape index (κ1) is 14.2. The fourth-order valence-corrected chi connectivity index (χ4v) is 3.09. The molecule has 1 heterocycles. The molecule has 0 aliphatic heterocycles. The third kappa shape index (κ3) is 2.86. The first-order valence-electron chi connectivity index (χ1n) is 6.67. The van der Waals surface area contributed by atoms with Crippen molar-refractivity contribution < 1.29 is 4.39 Å². The average Bonchev–Trinajstić information content (AvgIpc) is 2.88. The molecule has 0 N–H and O–H groups in total. The van der Waals surface area contributed by atoms with E-state index in [2.05, 4.69) is 33.1 Å². The second-order valence-corrected chi connectivity index (χ2v) is 6.38. The first-order valence-corrected chi connectivity index (χ1v) is 7.55. The van der Waals surface area contributed by atoms with Crippen LogP contribution in [0.3, 0.4) is 0 Å². The molecule has 19 heavy (non-hydrogen) atoms. The van der Waals surface area contributed by atoms with Gasteiger partial charge in [0.1, 0.15) is 10.8 Å². The van der Waals surface area contributed by atoms with Gasteiger partial charge in [0.25, 0.3) is 0 Å². The van der Waals surface area contributed by atoms with E-state index < -0.39 is 0 Å². The quantitative estimate of drug-likeness (QED) is 0.755. The van der Waals surface area contributed by atoms with Gasteiger partial charge in [0.2, 0.25) is 0 Å². The SMILES string of the molecule is CCC(C)c1csc(C(C)(C)c2ccc(F)cc2)n1. The van der Waals surface area contributed by atoms with Gasteiger partial charge in [-0.15, -0.1) is 11.3 Å². The predicted molar refractivity (Wildman–Crippen MR) is 79.3 cm³/mol. The fourth-order valence-electron chi connectivity index (χ4n) is 2.00. The molecule has 1 aromatic heterocycles. The topological polar surface area (TPSA) is 12.9 Å². The number of hydrogen-bond donors (Lipinski definition) is 0. The zero-order chi connectivity index (χ0) is 14.0. The Morgan fingerprint density at radius 1 is 1.26 bits per heavy atom. The molecule has 0 fully saturated rings. The molecule has 0 saturated heterocycles. The van der Waals surface area contributed by atoms with Gasteiger partial charge in [0.05, 0.1) is 5.69 Å². The van der Waals surface area contributed by atoms with Crippen molar-refractivity contribution in [3.8, 4) is 0 Å². The lowest BCUT2D eigenvalue weighted by Crippen LogP contribution is -2.18. The van der Waals surface area contributed by atoms with Crippen LogP contribution in [-0.2, 0) is 5.41 Å². The molecule has 2 rings (SSSR count). The number of thiazole rings is 1. The van der Waals surface area contributed by atoms with Crippen molar-refractivity contribution in [2.45, 2.75) is 45.4 Å². The molecule has 3 heteroatoms. The normalized spacial score (nSPS) is 13.5. The number of nitrogens with zero attached hydrogens (tertiary/aromatic N) is 1. The van der Waals surface area contributed by atoms with Crippen molar-refractivity contribution in [1.82, 2.24) is 4.98 Å². The van der Waals surface area contributed by atoms with E-state index in [1.807, 2.05) is 12.1 Å². The van der Waals surface area contributed by atoms with Crippen LogP contribution >= 0.6 is 11.3 Å². The van der Waals surface area contributed by atoms with E-state index in [1.54, 1.807) is 11.3 Å². The number of rotatable bonds is 4. The Labute approximate surface area is 118 Å². The molecule has 0 spiro atoms. The standard InChI is InChI=1S/C16H20FNS/c1-5-11(2)14-10-19-15(18-14)16(3,4)12-6-8-13(17)9-7-12/h6-11H,5H2,1-4H3. The molecule has 0 bridgehead atoms. The summed E-state index contributed by atoms with van der Waals surface area (Å²) in [4.78, 5) is 4.78. The van der Waals surface area contributed by atoms with Crippen molar-refractivity contribution in [3.63, 3.8) is 0 Å². The highest BCUT2D eigenvalue weighted by molar-refractivity contribution is 7.09. The van der Waals surface area contributed by atoms with E-state index in [4.69, 9.17) is 4.98 Å². The highest BCUT2D eigenvalue weighted by atomic mass is 32.1. The van der Waals surface area contributed by atoms with E-state index in [0.717, 1.165) is 22.7 Å². The molecule has 1 aromatic carbocycles. The van der Waals surface area contributed by atoms with Crippen LogP contribution in [0.4, 0.5) is 4.39 Å². The monoisotopic (exact) mass is 277 g/mol. The summed E-state index contributed by atoms with van der Waals surface area (Å²) in [6, 6.07) is 6.72. The molecular weight excluding hydrogens is 257 g/mol. The summed E-state index contributed by atoms with van der Waals surface area (Å²) in [5, 5.41) is 3.24. The molecule has 0 radical (unpaired) electrons. The molecule has 0 aliphatic carbocycles. The zero-order valence-electron chi connectivity index (χ0n) is 11.9. The van der Waals surface area contributed by atoms with Gasteiger partial charge >= 0.3 is 0 Å². The van der Waals surface area contributed by atoms with Crippen molar-refractivity contribution >= 4 is 11.3 Å². The van der Waals surface area contributed by atoms with Gasteiger partial charge in [-0.2, -0.15) is 0 Å². The van der Waals surface area contributed by atoms with Crippen molar-refractivity contribution in [2.24, 2.45) is 0 Å². The van der Waals surface area contributed by atoms with Crippen LogP contribution < -0.4 is 0 Å². The maximum atomic E-state index is 13.0. The van der Waals surface area contributed by atoms with Crippen molar-refractivity contribution in [3.05, 3.63) is 51.7 Å². The second kappa shape index (κ2) is 5.41. The smallest absolute Gasteiger partial charge is 0.123 e. The van der Waals surface area contributed by atoms with Crippen LogP contribution in [0, 0.1) is 5.82 Å². The van der Waals surface area contributed by atoms with Gasteiger partial charge < -0.3 is 0 Å². The minimum atomic E-state index is -0.195. The van der Waals surface area contributed by atoms with Gasteiger partial charge in [0.15, 0.2) is 0 Å². The van der Waals surface area contributed by atoms with Crippen LogP contribution in [0.1, 0.15) is 56.3 Å². The van der Waals surface area contributed by atoms with E-state index in [-0.39, 0.29) is 11.2 Å². The number of hydrogen-bond acceptors (Lipinski definition) is 2. The Bertz CT molecular complexity index is 542. The lowest BCUT2D eigenvalue weighted by Gasteiger charge is -2.22. The lowest BCUT2D eigenvalue weighted by atomic mass is 9.85. The van der Waals surface area contributed by atoms with E-state index in [9.17, 15) is 4.39 Å². The van der Waals surface area contributed by atoms with Crippen LogP contribution in [0.5, 0.6) is 0 Å². The maximum absolute atomic E-state index is 13.0. The third-order valence-corrected chi connectivity index (χ3v) is 4.92. The molecule has 0 amide bonds. The molecule has 0 aliphatic rings. The van der Waals surface area contributed by atoms with Gasteiger partial charge in [-0.25, -0.2) is 9.37 Å². The Morgan fingerprint density at radius 3 is 2.47 bits per heavy atom. The summed E-state index contributed by atoms with van der Waals surface area (Å²) in [6.07, 6.45) is 1.10. The highest BCUT2D eigenvalue weighted by Gasteiger charge is 2.27. The molecule has 2 aromatic rings. The summed E-state index contributed by atoms with van der Waals surface area (Å²) >= 11 is 1.69. The second-order valence-electron chi connectivity index (χ2n) is 5.52. The highest BCUT2D eigenvalue weighted by Crippen LogP contribution is 2.35. The van der Waals surface area contributed by atoms with Crippen molar-refractivity contribution in [2.75, 3.05) is 0 Å². The Kier molecular flexibility index (Phi) is 4.04. The minimum Gasteiger partial charge on any atom is -0.245 e. The fraction of sp³-hybridized carbons (Fsp3) is 0.438. The average molecular weight is 277 g/mol. The minimum absolute atomic E-state index is 0.177. The summed E-state index contributed by atoms with van der Waals surface area (Å²) in [5.74, 6) is 0.299. The van der Waals surface area contributed by atoms with E-state index in [1.165, 1.54) is 12.1 Å².